The van der Waals surface area contributed by atoms with Crippen LogP contribution in [0.5, 0.6) is 5.75 Å². The second kappa shape index (κ2) is 10.7. The number of thiophene rings is 1. The fraction of sp³-hybridized carbons (Fsp3) is 0.333. The molecule has 0 spiro atoms. The molecule has 36 heavy (non-hydrogen) atoms. The average Bonchev–Trinajstić information content (AvgIpc) is 3.58. The predicted octanol–water partition coefficient (Wildman–Crippen LogP) is 6.56. The molecule has 3 amide bonds. The van der Waals surface area contributed by atoms with E-state index in [0.717, 1.165) is 30.4 Å². The highest BCUT2D eigenvalue weighted by atomic mass is 35.5. The van der Waals surface area contributed by atoms with Gasteiger partial charge in [0.25, 0.3) is 0 Å². The van der Waals surface area contributed by atoms with Gasteiger partial charge in [0.1, 0.15) is 18.9 Å². The first kappa shape index (κ1) is 24.9. The highest BCUT2D eigenvalue weighted by Gasteiger charge is 2.38. The number of nitrogens with zero attached hydrogens (tertiary/aromatic N) is 2. The van der Waals surface area contributed by atoms with Crippen molar-refractivity contribution in [3.63, 3.8) is 0 Å². The molecule has 1 N–H and O–H groups in total. The topological polar surface area (TPSA) is 61.9 Å². The van der Waals surface area contributed by atoms with Crippen molar-refractivity contribution in [3.05, 3.63) is 80.0 Å². The molecule has 1 aliphatic carbocycles. The van der Waals surface area contributed by atoms with Crippen LogP contribution in [0.1, 0.15) is 34.9 Å². The summed E-state index contributed by atoms with van der Waals surface area (Å²) >= 11 is 13.9. The zero-order valence-corrected chi connectivity index (χ0v) is 22.2. The third-order valence-corrected chi connectivity index (χ3v) is 8.24. The first-order chi connectivity index (χ1) is 17.4. The Kier molecular flexibility index (Phi) is 7.42. The molecule has 1 aromatic heterocycles. The number of amides is 3. The van der Waals surface area contributed by atoms with Crippen molar-refractivity contribution >= 4 is 52.2 Å². The molecule has 6 nitrogen and oxygen atoms in total. The van der Waals surface area contributed by atoms with Gasteiger partial charge in [0.15, 0.2) is 0 Å². The van der Waals surface area contributed by atoms with Gasteiger partial charge in [0.2, 0.25) is 5.91 Å². The monoisotopic (exact) mass is 543 g/mol. The second-order valence-corrected chi connectivity index (χ2v) is 11.0. The van der Waals surface area contributed by atoms with E-state index in [1.54, 1.807) is 40.5 Å². The summed E-state index contributed by atoms with van der Waals surface area (Å²) < 4.78 is 6.14. The summed E-state index contributed by atoms with van der Waals surface area (Å²) in [6, 6.07) is 14.2. The van der Waals surface area contributed by atoms with Gasteiger partial charge >= 0.3 is 6.03 Å². The molecule has 0 saturated heterocycles. The molecule has 9 heteroatoms. The number of benzene rings is 2. The van der Waals surface area contributed by atoms with Crippen LogP contribution >= 0.6 is 34.5 Å². The number of ether oxygens (including phenoxy) is 1. The Hall–Kier alpha value is -2.74. The van der Waals surface area contributed by atoms with Crippen LogP contribution in [0.15, 0.2) is 53.9 Å². The average molecular weight is 545 g/mol. The van der Waals surface area contributed by atoms with E-state index in [0.29, 0.717) is 34.6 Å². The van der Waals surface area contributed by atoms with E-state index in [4.69, 9.17) is 27.9 Å². The van der Waals surface area contributed by atoms with E-state index in [1.165, 1.54) is 4.88 Å². The quantitative estimate of drug-likeness (QED) is 0.366. The van der Waals surface area contributed by atoms with Gasteiger partial charge in [0, 0.05) is 33.2 Å². The van der Waals surface area contributed by atoms with E-state index in [9.17, 15) is 9.59 Å². The number of carbonyl (C=O) groups is 2. The van der Waals surface area contributed by atoms with E-state index in [2.05, 4.69) is 16.8 Å². The molecule has 2 aliphatic rings. The number of fused-ring (bicyclic) bond motifs is 1. The van der Waals surface area contributed by atoms with Crippen molar-refractivity contribution in [2.24, 2.45) is 0 Å². The number of rotatable bonds is 7. The summed E-state index contributed by atoms with van der Waals surface area (Å²) in [5.74, 6) is 0.632. The van der Waals surface area contributed by atoms with Gasteiger partial charge in [-0.15, -0.1) is 11.3 Å². The van der Waals surface area contributed by atoms with Crippen LogP contribution < -0.4 is 10.1 Å². The molecule has 1 atom stereocenters. The maximum atomic E-state index is 13.6. The molecular formula is C27H27Cl2N3O3S. The van der Waals surface area contributed by atoms with E-state index in [1.807, 2.05) is 30.0 Å². The Morgan fingerprint density at radius 1 is 1.17 bits per heavy atom. The number of halogens is 2. The lowest BCUT2D eigenvalue weighted by Crippen LogP contribution is -2.49. The van der Waals surface area contributed by atoms with Crippen LogP contribution in [0.25, 0.3) is 0 Å². The minimum atomic E-state index is -0.286. The van der Waals surface area contributed by atoms with Crippen molar-refractivity contribution in [1.82, 2.24) is 9.80 Å². The largest absolute Gasteiger partial charge is 0.491 e. The Morgan fingerprint density at radius 2 is 2.00 bits per heavy atom. The molecule has 2 heterocycles. The maximum absolute atomic E-state index is 13.6. The van der Waals surface area contributed by atoms with E-state index < -0.39 is 0 Å². The van der Waals surface area contributed by atoms with Crippen LogP contribution in [0.2, 0.25) is 10.0 Å². The fourth-order valence-corrected chi connectivity index (χ4v) is 5.74. The highest BCUT2D eigenvalue weighted by molar-refractivity contribution is 7.10. The number of hydrogen-bond acceptors (Lipinski definition) is 4. The van der Waals surface area contributed by atoms with Gasteiger partial charge in [0.05, 0.1) is 6.04 Å². The summed E-state index contributed by atoms with van der Waals surface area (Å²) in [6.45, 7) is 2.87. The summed E-state index contributed by atoms with van der Waals surface area (Å²) in [5.41, 5.74) is 2.66. The van der Waals surface area contributed by atoms with Crippen molar-refractivity contribution in [3.8, 4) is 5.75 Å². The summed E-state index contributed by atoms with van der Waals surface area (Å²) in [4.78, 5) is 31.5. The molecule has 188 valence electrons. The van der Waals surface area contributed by atoms with Crippen LogP contribution in [0.4, 0.5) is 10.5 Å². The zero-order chi connectivity index (χ0) is 25.2. The Bertz CT molecular complexity index is 1280. The summed E-state index contributed by atoms with van der Waals surface area (Å²) in [6.07, 6.45) is 2.59. The fourth-order valence-electron chi connectivity index (χ4n) is 4.51. The Morgan fingerprint density at radius 3 is 2.75 bits per heavy atom. The Labute approximate surface area is 224 Å². The normalized spacial score (nSPS) is 16.9. The van der Waals surface area contributed by atoms with Gasteiger partial charge in [-0.05, 0) is 85.2 Å². The first-order valence-corrected chi connectivity index (χ1v) is 13.6. The third-order valence-electron chi connectivity index (χ3n) is 6.58. The molecule has 5 rings (SSSR count). The number of anilines is 1. The number of hydrogen-bond donors (Lipinski definition) is 1. The van der Waals surface area contributed by atoms with Crippen LogP contribution in [0.3, 0.4) is 0 Å². The van der Waals surface area contributed by atoms with Gasteiger partial charge in [-0.25, -0.2) is 4.79 Å². The lowest BCUT2D eigenvalue weighted by atomic mass is 10.0. The SMILES string of the molecule is Cc1cc(OC[C@@H]2c3ccsc3CCN2C(=O)CN(C(=O)Nc2cccc(Cl)c2)C2CC2)ccc1Cl. The molecule has 2 aromatic carbocycles. The molecule has 1 aliphatic heterocycles. The first-order valence-electron chi connectivity index (χ1n) is 12.0. The molecule has 0 bridgehead atoms. The molecule has 1 fully saturated rings. The molecule has 1 saturated carbocycles. The van der Waals surface area contributed by atoms with Crippen molar-refractivity contribution in [1.29, 1.82) is 0 Å². The molecule has 3 aromatic rings. The number of nitrogens with one attached hydrogen (secondary N) is 1. The van der Waals surface area contributed by atoms with E-state index in [-0.39, 0.29) is 30.6 Å². The van der Waals surface area contributed by atoms with Gasteiger partial charge in [-0.2, -0.15) is 0 Å². The lowest BCUT2D eigenvalue weighted by Gasteiger charge is -2.37. The Balaban J connectivity index is 1.31. The highest BCUT2D eigenvalue weighted by Crippen LogP contribution is 2.35. The van der Waals surface area contributed by atoms with Crippen molar-refractivity contribution in [2.75, 3.05) is 25.0 Å². The maximum Gasteiger partial charge on any atom is 0.322 e. The smallest absolute Gasteiger partial charge is 0.322 e. The number of carbonyl (C=O) groups excluding carboxylic acids is 2. The van der Waals surface area contributed by atoms with Crippen molar-refractivity contribution < 1.29 is 14.3 Å². The minimum Gasteiger partial charge on any atom is -0.491 e. The van der Waals surface area contributed by atoms with Crippen LogP contribution in [-0.2, 0) is 11.2 Å². The molecule has 0 unspecified atom stereocenters. The second-order valence-electron chi connectivity index (χ2n) is 9.17. The molecule has 0 radical (unpaired) electrons. The third kappa shape index (κ3) is 5.64. The van der Waals surface area contributed by atoms with E-state index >= 15 is 0 Å². The standard InChI is InChI=1S/C27H27Cl2N3O3S/c1-17-13-21(7-8-23(17)29)35-16-24-22-10-12-36-25(22)9-11-31(24)26(33)15-32(20-5-6-20)27(34)30-19-4-2-3-18(28)14-19/h2-4,7-8,10,12-14,20,24H,5-6,9,11,15-16H2,1H3,(H,30,34)/t24-/m1/s1. The van der Waals surface area contributed by atoms with Gasteiger partial charge < -0.3 is 19.9 Å². The van der Waals surface area contributed by atoms with Crippen LogP contribution in [0, 0.1) is 6.92 Å². The summed E-state index contributed by atoms with van der Waals surface area (Å²) in [5, 5.41) is 6.18. The predicted molar refractivity (Wildman–Crippen MR) is 144 cm³/mol. The lowest BCUT2D eigenvalue weighted by molar-refractivity contribution is -0.135. The van der Waals surface area contributed by atoms with Crippen LogP contribution in [-0.4, -0.2) is 47.5 Å². The molecular weight excluding hydrogens is 517 g/mol. The number of urea groups is 1. The van der Waals surface area contributed by atoms with Gasteiger partial charge in [-0.1, -0.05) is 29.3 Å². The van der Waals surface area contributed by atoms with Gasteiger partial charge in [-0.3, -0.25) is 4.79 Å². The van der Waals surface area contributed by atoms with Crippen molar-refractivity contribution in [2.45, 2.75) is 38.3 Å². The summed E-state index contributed by atoms with van der Waals surface area (Å²) in [7, 11) is 0. The minimum absolute atomic E-state index is 0.0209. The zero-order valence-electron chi connectivity index (χ0n) is 19.9. The number of aryl methyl sites for hydroxylation is 1.